The van der Waals surface area contributed by atoms with Crippen LogP contribution < -0.4 is 4.74 Å². The molecule has 3 rings (SSSR count). The van der Waals surface area contributed by atoms with Crippen LogP contribution in [0.25, 0.3) is 0 Å². The number of methoxy groups -OCH3 is 1. The van der Waals surface area contributed by atoms with Crippen LogP contribution in [0.4, 0.5) is 0 Å². The largest absolute Gasteiger partial charge is 0.497 e. The van der Waals surface area contributed by atoms with Crippen molar-refractivity contribution < 1.29 is 9.53 Å². The summed E-state index contributed by atoms with van der Waals surface area (Å²) >= 11 is 1.42. The van der Waals surface area contributed by atoms with Gasteiger partial charge in [0.05, 0.1) is 19.4 Å². The quantitative estimate of drug-likeness (QED) is 0.546. The normalized spacial score (nSPS) is 10.7. The highest BCUT2D eigenvalue weighted by Gasteiger charge is 2.15. The van der Waals surface area contributed by atoms with Gasteiger partial charge >= 0.3 is 0 Å². The molecular formula is C21H24N4O2S. The van der Waals surface area contributed by atoms with E-state index >= 15 is 0 Å². The second kappa shape index (κ2) is 9.41. The summed E-state index contributed by atoms with van der Waals surface area (Å²) in [5.74, 6) is 2.01. The molecule has 0 unspecified atom stereocenters. The lowest BCUT2D eigenvalue weighted by atomic mass is 10.2. The van der Waals surface area contributed by atoms with Crippen LogP contribution in [0, 0.1) is 6.92 Å². The fraction of sp³-hybridized carbons (Fsp3) is 0.286. The maximum atomic E-state index is 12.5. The highest BCUT2D eigenvalue weighted by molar-refractivity contribution is 7.99. The standard InChI is InChI=1S/C21H24N4O2S/c1-16-22-23-21(25(16)14-17-7-5-4-6-8-17)28-15-20(26)24(2)13-18-9-11-19(27-3)12-10-18/h4-12H,13-15H2,1-3H3. The van der Waals surface area contributed by atoms with E-state index in [0.717, 1.165) is 22.3 Å². The Morgan fingerprint density at radius 3 is 2.46 bits per heavy atom. The van der Waals surface area contributed by atoms with Crippen LogP contribution in [0.15, 0.2) is 59.8 Å². The Kier molecular flexibility index (Phi) is 6.71. The number of aryl methyl sites for hydroxylation is 1. The zero-order valence-electron chi connectivity index (χ0n) is 16.3. The van der Waals surface area contributed by atoms with Gasteiger partial charge < -0.3 is 14.2 Å². The number of carbonyl (C=O) groups is 1. The molecular weight excluding hydrogens is 372 g/mol. The fourth-order valence-electron chi connectivity index (χ4n) is 2.75. The topological polar surface area (TPSA) is 60.2 Å². The highest BCUT2D eigenvalue weighted by atomic mass is 32.2. The van der Waals surface area contributed by atoms with Gasteiger partial charge in [0.2, 0.25) is 5.91 Å². The number of carbonyl (C=O) groups excluding carboxylic acids is 1. The molecule has 0 saturated carbocycles. The Labute approximate surface area is 169 Å². The second-order valence-corrected chi connectivity index (χ2v) is 7.43. The molecule has 0 atom stereocenters. The molecule has 1 aromatic heterocycles. The van der Waals surface area contributed by atoms with E-state index in [1.54, 1.807) is 12.0 Å². The van der Waals surface area contributed by atoms with E-state index in [4.69, 9.17) is 4.74 Å². The average molecular weight is 397 g/mol. The molecule has 1 heterocycles. The van der Waals surface area contributed by atoms with E-state index < -0.39 is 0 Å². The van der Waals surface area contributed by atoms with Gasteiger partial charge in [-0.1, -0.05) is 54.2 Å². The molecule has 6 nitrogen and oxygen atoms in total. The summed E-state index contributed by atoms with van der Waals surface area (Å²) in [6.45, 7) is 3.18. The molecule has 1 amide bonds. The fourth-order valence-corrected chi connectivity index (χ4v) is 3.67. The Hall–Kier alpha value is -2.80. The first-order valence-electron chi connectivity index (χ1n) is 9.00. The van der Waals surface area contributed by atoms with Crippen LogP contribution in [-0.2, 0) is 17.9 Å². The van der Waals surface area contributed by atoms with E-state index in [2.05, 4.69) is 22.3 Å². The van der Waals surface area contributed by atoms with Crippen molar-refractivity contribution in [1.29, 1.82) is 0 Å². The molecule has 28 heavy (non-hydrogen) atoms. The Morgan fingerprint density at radius 1 is 1.07 bits per heavy atom. The van der Waals surface area contributed by atoms with E-state index in [0.29, 0.717) is 18.8 Å². The zero-order chi connectivity index (χ0) is 19.9. The molecule has 3 aromatic rings. The minimum atomic E-state index is 0.0488. The monoisotopic (exact) mass is 396 g/mol. The lowest BCUT2D eigenvalue weighted by Crippen LogP contribution is -2.27. The van der Waals surface area contributed by atoms with E-state index in [1.807, 2.05) is 61.0 Å². The first-order valence-corrected chi connectivity index (χ1v) is 9.99. The number of rotatable bonds is 8. The average Bonchev–Trinajstić information content (AvgIpc) is 3.07. The Bertz CT molecular complexity index is 910. The van der Waals surface area contributed by atoms with Gasteiger partial charge in [-0.2, -0.15) is 0 Å². The SMILES string of the molecule is COc1ccc(CN(C)C(=O)CSc2nnc(C)n2Cc2ccccc2)cc1. The Balaban J connectivity index is 1.58. The third kappa shape index (κ3) is 5.13. The number of thioether (sulfide) groups is 1. The summed E-state index contributed by atoms with van der Waals surface area (Å²) in [5, 5.41) is 9.17. The third-order valence-electron chi connectivity index (χ3n) is 4.41. The number of nitrogens with zero attached hydrogens (tertiary/aromatic N) is 4. The number of aromatic nitrogens is 3. The van der Waals surface area contributed by atoms with Crippen LogP contribution in [0.2, 0.25) is 0 Å². The number of hydrogen-bond acceptors (Lipinski definition) is 5. The Morgan fingerprint density at radius 2 is 1.79 bits per heavy atom. The van der Waals surface area contributed by atoms with Crippen molar-refractivity contribution in [3.63, 3.8) is 0 Å². The predicted octanol–water partition coefficient (Wildman–Crippen LogP) is 3.39. The van der Waals surface area contributed by atoms with Crippen molar-refractivity contribution in [2.24, 2.45) is 0 Å². The summed E-state index contributed by atoms with van der Waals surface area (Å²) in [4.78, 5) is 14.3. The van der Waals surface area contributed by atoms with Gasteiger partial charge in [-0.25, -0.2) is 0 Å². The van der Waals surface area contributed by atoms with Gasteiger partial charge in [-0.3, -0.25) is 4.79 Å². The molecule has 0 fully saturated rings. The second-order valence-electron chi connectivity index (χ2n) is 6.49. The van der Waals surface area contributed by atoms with E-state index in [-0.39, 0.29) is 5.91 Å². The summed E-state index contributed by atoms with van der Waals surface area (Å²) in [7, 11) is 3.45. The molecule has 0 saturated heterocycles. The van der Waals surface area contributed by atoms with Gasteiger partial charge in [0.1, 0.15) is 11.6 Å². The predicted molar refractivity (Wildman–Crippen MR) is 110 cm³/mol. The first kappa shape index (κ1) is 19.9. The molecule has 0 aliphatic carbocycles. The van der Waals surface area contributed by atoms with Crippen LogP contribution in [-0.4, -0.2) is 45.5 Å². The molecule has 146 valence electrons. The molecule has 2 aromatic carbocycles. The minimum absolute atomic E-state index is 0.0488. The van der Waals surface area contributed by atoms with Gasteiger partial charge in [0.25, 0.3) is 0 Å². The van der Waals surface area contributed by atoms with Crippen molar-refractivity contribution in [3.05, 3.63) is 71.5 Å². The maximum absolute atomic E-state index is 12.5. The van der Waals surface area contributed by atoms with Gasteiger partial charge in [0.15, 0.2) is 5.16 Å². The van der Waals surface area contributed by atoms with Crippen molar-refractivity contribution in [3.8, 4) is 5.75 Å². The number of amides is 1. The molecule has 7 heteroatoms. The third-order valence-corrected chi connectivity index (χ3v) is 5.37. The smallest absolute Gasteiger partial charge is 0.233 e. The van der Waals surface area contributed by atoms with Crippen LogP contribution in [0.3, 0.4) is 0 Å². The van der Waals surface area contributed by atoms with Crippen molar-refractivity contribution in [1.82, 2.24) is 19.7 Å². The van der Waals surface area contributed by atoms with Crippen molar-refractivity contribution in [2.45, 2.75) is 25.2 Å². The molecule has 0 N–H and O–H groups in total. The molecule has 0 spiro atoms. The van der Waals surface area contributed by atoms with Crippen LogP contribution >= 0.6 is 11.8 Å². The molecule has 0 aliphatic heterocycles. The van der Waals surface area contributed by atoms with Gasteiger partial charge in [-0.05, 0) is 30.2 Å². The maximum Gasteiger partial charge on any atom is 0.233 e. The molecule has 0 bridgehead atoms. The zero-order valence-corrected chi connectivity index (χ0v) is 17.1. The number of benzene rings is 2. The summed E-state index contributed by atoms with van der Waals surface area (Å²) < 4.78 is 7.20. The van der Waals surface area contributed by atoms with E-state index in [1.165, 1.54) is 17.3 Å². The molecule has 0 radical (unpaired) electrons. The van der Waals surface area contributed by atoms with Gasteiger partial charge in [-0.15, -0.1) is 10.2 Å². The first-order chi connectivity index (χ1) is 13.6. The van der Waals surface area contributed by atoms with Crippen molar-refractivity contribution in [2.75, 3.05) is 19.9 Å². The number of hydrogen-bond donors (Lipinski definition) is 0. The summed E-state index contributed by atoms with van der Waals surface area (Å²) in [6.07, 6.45) is 0. The van der Waals surface area contributed by atoms with Crippen LogP contribution in [0.1, 0.15) is 17.0 Å². The van der Waals surface area contributed by atoms with Crippen molar-refractivity contribution >= 4 is 17.7 Å². The highest BCUT2D eigenvalue weighted by Crippen LogP contribution is 2.19. The lowest BCUT2D eigenvalue weighted by molar-refractivity contribution is -0.127. The lowest BCUT2D eigenvalue weighted by Gasteiger charge is -2.17. The molecule has 0 aliphatic rings. The van der Waals surface area contributed by atoms with Crippen LogP contribution in [0.5, 0.6) is 5.75 Å². The summed E-state index contributed by atoms with van der Waals surface area (Å²) in [5.41, 5.74) is 2.24. The van der Waals surface area contributed by atoms with Gasteiger partial charge in [0, 0.05) is 13.6 Å². The minimum Gasteiger partial charge on any atom is -0.497 e. The summed E-state index contributed by atoms with van der Waals surface area (Å²) in [6, 6.07) is 17.9. The van der Waals surface area contributed by atoms with E-state index in [9.17, 15) is 4.79 Å². The number of ether oxygens (including phenoxy) is 1.